The standard InChI is InChI=1S/C19H29N3O3S/c1-4-20-19(26)22-12-16(14-6-8-15(25-3)9-7-14)17(13-22)18(23)21-10-5-11-24-2/h6-9,16-17H,4-5,10-13H2,1-3H3,(H,20,26)(H,21,23). The van der Waals surface area contributed by atoms with Crippen LogP contribution in [0.2, 0.25) is 0 Å². The first-order valence-corrected chi connectivity index (χ1v) is 9.44. The van der Waals surface area contributed by atoms with Crippen molar-refractivity contribution in [2.24, 2.45) is 5.92 Å². The molecule has 1 aromatic rings. The van der Waals surface area contributed by atoms with E-state index in [0.717, 1.165) is 30.8 Å². The van der Waals surface area contributed by atoms with Crippen molar-refractivity contribution in [3.05, 3.63) is 29.8 Å². The van der Waals surface area contributed by atoms with Gasteiger partial charge in [-0.15, -0.1) is 0 Å². The Hall–Kier alpha value is -1.86. The van der Waals surface area contributed by atoms with Crippen LogP contribution >= 0.6 is 12.2 Å². The third-order valence-electron chi connectivity index (χ3n) is 4.64. The molecule has 1 aliphatic heterocycles. The van der Waals surface area contributed by atoms with Crippen LogP contribution < -0.4 is 15.4 Å². The van der Waals surface area contributed by atoms with Crippen molar-refractivity contribution in [3.8, 4) is 5.75 Å². The van der Waals surface area contributed by atoms with Gasteiger partial charge in [-0.1, -0.05) is 12.1 Å². The van der Waals surface area contributed by atoms with E-state index in [1.165, 1.54) is 0 Å². The maximum Gasteiger partial charge on any atom is 0.225 e. The second-order valence-corrected chi connectivity index (χ2v) is 6.75. The molecule has 144 valence electrons. The Morgan fingerprint density at radius 3 is 2.58 bits per heavy atom. The number of nitrogens with one attached hydrogen (secondary N) is 2. The van der Waals surface area contributed by atoms with Crippen molar-refractivity contribution in [3.63, 3.8) is 0 Å². The monoisotopic (exact) mass is 379 g/mol. The highest BCUT2D eigenvalue weighted by Crippen LogP contribution is 2.33. The van der Waals surface area contributed by atoms with E-state index in [1.54, 1.807) is 14.2 Å². The average molecular weight is 380 g/mol. The zero-order valence-electron chi connectivity index (χ0n) is 15.8. The van der Waals surface area contributed by atoms with Gasteiger partial charge in [-0.05, 0) is 43.3 Å². The summed E-state index contributed by atoms with van der Waals surface area (Å²) >= 11 is 5.46. The summed E-state index contributed by atoms with van der Waals surface area (Å²) in [6.45, 7) is 5.41. The summed E-state index contributed by atoms with van der Waals surface area (Å²) in [6.07, 6.45) is 0.807. The molecule has 0 bridgehead atoms. The minimum atomic E-state index is -0.137. The summed E-state index contributed by atoms with van der Waals surface area (Å²) in [6, 6.07) is 7.95. The molecule has 7 heteroatoms. The van der Waals surface area contributed by atoms with Gasteiger partial charge in [0.25, 0.3) is 0 Å². The van der Waals surface area contributed by atoms with Crippen molar-refractivity contribution in [1.82, 2.24) is 15.5 Å². The van der Waals surface area contributed by atoms with Crippen LogP contribution in [0.4, 0.5) is 0 Å². The summed E-state index contributed by atoms with van der Waals surface area (Å²) in [7, 11) is 3.31. The molecule has 0 aliphatic carbocycles. The third-order valence-corrected chi connectivity index (χ3v) is 5.04. The molecule has 2 unspecified atom stereocenters. The van der Waals surface area contributed by atoms with E-state index in [1.807, 2.05) is 31.2 Å². The van der Waals surface area contributed by atoms with Gasteiger partial charge >= 0.3 is 0 Å². The van der Waals surface area contributed by atoms with Crippen LogP contribution in [0.15, 0.2) is 24.3 Å². The highest BCUT2D eigenvalue weighted by Gasteiger charge is 2.39. The van der Waals surface area contributed by atoms with Crippen molar-refractivity contribution in [1.29, 1.82) is 0 Å². The lowest BCUT2D eigenvalue weighted by atomic mass is 9.88. The molecule has 26 heavy (non-hydrogen) atoms. The normalized spacial score (nSPS) is 19.3. The zero-order chi connectivity index (χ0) is 18.9. The van der Waals surface area contributed by atoms with Crippen LogP contribution in [0.5, 0.6) is 5.75 Å². The zero-order valence-corrected chi connectivity index (χ0v) is 16.6. The maximum atomic E-state index is 12.8. The molecule has 2 atom stereocenters. The fourth-order valence-corrected chi connectivity index (χ4v) is 3.54. The first-order chi connectivity index (χ1) is 12.6. The Balaban J connectivity index is 2.11. The topological polar surface area (TPSA) is 62.8 Å². The number of benzene rings is 1. The summed E-state index contributed by atoms with van der Waals surface area (Å²) in [5.74, 6) is 0.846. The molecule has 2 rings (SSSR count). The van der Waals surface area contributed by atoms with Crippen molar-refractivity contribution in [2.45, 2.75) is 19.3 Å². The van der Waals surface area contributed by atoms with Crippen LogP contribution in [-0.2, 0) is 9.53 Å². The predicted octanol–water partition coefficient (Wildman–Crippen LogP) is 1.76. The second kappa shape index (κ2) is 10.3. The number of hydrogen-bond donors (Lipinski definition) is 2. The maximum absolute atomic E-state index is 12.8. The molecule has 2 N–H and O–H groups in total. The van der Waals surface area contributed by atoms with Gasteiger partial charge in [-0.2, -0.15) is 0 Å². The molecule has 1 heterocycles. The van der Waals surface area contributed by atoms with E-state index in [0.29, 0.717) is 24.8 Å². The number of carbonyl (C=O) groups excluding carboxylic acids is 1. The van der Waals surface area contributed by atoms with E-state index in [9.17, 15) is 4.79 Å². The number of amides is 1. The molecule has 1 aliphatic rings. The fraction of sp³-hybridized carbons (Fsp3) is 0.579. The lowest BCUT2D eigenvalue weighted by molar-refractivity contribution is -0.124. The molecule has 6 nitrogen and oxygen atoms in total. The Bertz CT molecular complexity index is 594. The summed E-state index contributed by atoms with van der Waals surface area (Å²) in [5, 5.41) is 6.93. The highest BCUT2D eigenvalue weighted by molar-refractivity contribution is 7.80. The van der Waals surface area contributed by atoms with E-state index in [2.05, 4.69) is 15.5 Å². The number of nitrogens with zero attached hydrogens (tertiary/aromatic N) is 1. The third kappa shape index (κ3) is 5.32. The molecule has 0 radical (unpaired) electrons. The first-order valence-electron chi connectivity index (χ1n) is 9.04. The first kappa shape index (κ1) is 20.5. The molecular formula is C19H29N3O3S. The number of hydrogen-bond acceptors (Lipinski definition) is 4. The van der Waals surface area contributed by atoms with E-state index in [-0.39, 0.29) is 17.7 Å². The smallest absolute Gasteiger partial charge is 0.225 e. The fourth-order valence-electron chi connectivity index (χ4n) is 3.25. The van der Waals surface area contributed by atoms with Crippen LogP contribution in [0.1, 0.15) is 24.8 Å². The van der Waals surface area contributed by atoms with Crippen molar-refractivity contribution >= 4 is 23.2 Å². The summed E-state index contributed by atoms with van der Waals surface area (Å²) in [4.78, 5) is 14.9. The Labute approximate surface area is 161 Å². The summed E-state index contributed by atoms with van der Waals surface area (Å²) in [5.41, 5.74) is 1.13. The molecule has 0 saturated carbocycles. The molecule has 1 saturated heterocycles. The number of likely N-dealkylation sites (tertiary alicyclic amines) is 1. The molecule has 1 amide bonds. The Morgan fingerprint density at radius 2 is 1.96 bits per heavy atom. The van der Waals surface area contributed by atoms with Crippen LogP contribution in [0.25, 0.3) is 0 Å². The number of methoxy groups -OCH3 is 2. The van der Waals surface area contributed by atoms with Gasteiger partial charge in [-0.3, -0.25) is 4.79 Å². The van der Waals surface area contributed by atoms with Crippen LogP contribution in [-0.4, -0.2) is 62.9 Å². The van der Waals surface area contributed by atoms with E-state index < -0.39 is 0 Å². The minimum absolute atomic E-state index is 0.0729. The average Bonchev–Trinajstić information content (AvgIpc) is 3.11. The van der Waals surface area contributed by atoms with Crippen molar-refractivity contribution < 1.29 is 14.3 Å². The van der Waals surface area contributed by atoms with Gasteiger partial charge in [0, 0.05) is 45.8 Å². The lowest BCUT2D eigenvalue weighted by Gasteiger charge is -2.19. The molecule has 1 aromatic carbocycles. The van der Waals surface area contributed by atoms with Crippen molar-refractivity contribution in [2.75, 3.05) is 47.0 Å². The lowest BCUT2D eigenvalue weighted by Crippen LogP contribution is -2.40. The molecular weight excluding hydrogens is 350 g/mol. The predicted molar refractivity (Wildman–Crippen MR) is 107 cm³/mol. The molecule has 0 aromatic heterocycles. The number of carbonyl (C=O) groups is 1. The number of rotatable bonds is 8. The van der Waals surface area contributed by atoms with Gasteiger partial charge in [0.2, 0.25) is 5.91 Å². The van der Waals surface area contributed by atoms with Crippen LogP contribution in [0.3, 0.4) is 0 Å². The SMILES string of the molecule is CCNC(=S)N1CC(C(=O)NCCCOC)C(c2ccc(OC)cc2)C1. The van der Waals surface area contributed by atoms with Gasteiger partial charge in [0.1, 0.15) is 5.75 Å². The van der Waals surface area contributed by atoms with Gasteiger partial charge in [-0.25, -0.2) is 0 Å². The summed E-state index contributed by atoms with van der Waals surface area (Å²) < 4.78 is 10.3. The van der Waals surface area contributed by atoms with Gasteiger partial charge < -0.3 is 25.0 Å². The number of thiocarbonyl (C=S) groups is 1. The minimum Gasteiger partial charge on any atom is -0.497 e. The largest absolute Gasteiger partial charge is 0.497 e. The van der Waals surface area contributed by atoms with E-state index in [4.69, 9.17) is 21.7 Å². The molecule has 1 fully saturated rings. The van der Waals surface area contributed by atoms with Gasteiger partial charge in [0.15, 0.2) is 5.11 Å². The Morgan fingerprint density at radius 1 is 1.23 bits per heavy atom. The second-order valence-electron chi connectivity index (χ2n) is 6.36. The van der Waals surface area contributed by atoms with Crippen LogP contribution in [0, 0.1) is 5.92 Å². The number of ether oxygens (including phenoxy) is 2. The van der Waals surface area contributed by atoms with E-state index >= 15 is 0 Å². The molecule has 0 spiro atoms. The quantitative estimate of drug-likeness (QED) is 0.530. The van der Waals surface area contributed by atoms with Gasteiger partial charge in [0.05, 0.1) is 13.0 Å². The highest BCUT2D eigenvalue weighted by atomic mass is 32.1. The Kier molecular flexibility index (Phi) is 8.12.